The predicted molar refractivity (Wildman–Crippen MR) is 67.8 cm³/mol. The lowest BCUT2D eigenvalue weighted by atomic mass is 9.67. The van der Waals surface area contributed by atoms with Crippen molar-refractivity contribution in [2.24, 2.45) is 11.8 Å². The summed E-state index contributed by atoms with van der Waals surface area (Å²) in [6, 6.07) is 0. The topological polar surface area (TPSA) is 46.5 Å². The zero-order chi connectivity index (χ0) is 13.1. The summed E-state index contributed by atoms with van der Waals surface area (Å²) in [6.45, 7) is 5.80. The Bertz CT molecular complexity index is 472. The summed E-state index contributed by atoms with van der Waals surface area (Å²) in [5, 5.41) is 10.7. The summed E-state index contributed by atoms with van der Waals surface area (Å²) < 4.78 is 5.66. The second-order valence-electron chi connectivity index (χ2n) is 6.30. The first-order chi connectivity index (χ1) is 8.36. The predicted octanol–water partition coefficient (Wildman–Crippen LogP) is 2.36. The number of aliphatic hydroxyl groups is 1. The fourth-order valence-corrected chi connectivity index (χ4v) is 4.12. The fourth-order valence-electron chi connectivity index (χ4n) is 4.12. The molecule has 0 aromatic carbocycles. The highest BCUT2D eigenvalue weighted by atomic mass is 16.6. The molecule has 1 saturated carbocycles. The minimum atomic E-state index is -0.748. The summed E-state index contributed by atoms with van der Waals surface area (Å²) >= 11 is 0. The lowest BCUT2D eigenvalue weighted by Gasteiger charge is -2.44. The van der Waals surface area contributed by atoms with Gasteiger partial charge in [0.05, 0.1) is 5.60 Å². The van der Waals surface area contributed by atoms with Crippen molar-refractivity contribution in [3.8, 4) is 0 Å². The van der Waals surface area contributed by atoms with Crippen LogP contribution in [0.1, 0.15) is 40.0 Å². The molecule has 1 aliphatic heterocycles. The van der Waals surface area contributed by atoms with Gasteiger partial charge in [-0.15, -0.1) is 0 Å². The quantitative estimate of drug-likeness (QED) is 0.529. The molecule has 1 N–H and O–H groups in total. The van der Waals surface area contributed by atoms with E-state index in [1.54, 1.807) is 6.92 Å². The van der Waals surface area contributed by atoms with E-state index >= 15 is 0 Å². The second-order valence-corrected chi connectivity index (χ2v) is 6.30. The largest absolute Gasteiger partial charge is 0.451 e. The normalized spacial score (nSPS) is 46.8. The van der Waals surface area contributed by atoms with Gasteiger partial charge >= 0.3 is 5.97 Å². The summed E-state index contributed by atoms with van der Waals surface area (Å²) in [4.78, 5) is 11.7. The van der Waals surface area contributed by atoms with Gasteiger partial charge in [-0.25, -0.2) is 4.79 Å². The molecule has 1 heterocycles. The van der Waals surface area contributed by atoms with Crippen LogP contribution in [-0.4, -0.2) is 22.3 Å². The van der Waals surface area contributed by atoms with E-state index in [0.717, 1.165) is 12.8 Å². The van der Waals surface area contributed by atoms with Gasteiger partial charge in [-0.2, -0.15) is 0 Å². The van der Waals surface area contributed by atoms with Crippen LogP contribution in [0.4, 0.5) is 0 Å². The second kappa shape index (κ2) is 3.47. The molecule has 3 aliphatic rings. The Hall–Kier alpha value is -1.09. The molecule has 0 aromatic heterocycles. The molecule has 1 fully saturated rings. The molecule has 0 bridgehead atoms. The van der Waals surface area contributed by atoms with Crippen LogP contribution in [-0.2, 0) is 9.53 Å². The Morgan fingerprint density at radius 3 is 2.78 bits per heavy atom. The zero-order valence-electron chi connectivity index (χ0n) is 11.2. The Labute approximate surface area is 108 Å². The zero-order valence-corrected chi connectivity index (χ0v) is 11.2. The van der Waals surface area contributed by atoms with E-state index in [0.29, 0.717) is 17.9 Å². The van der Waals surface area contributed by atoms with Crippen molar-refractivity contribution in [3.05, 3.63) is 23.3 Å². The molecule has 0 aromatic rings. The molecule has 2 aliphatic carbocycles. The van der Waals surface area contributed by atoms with Crippen molar-refractivity contribution in [2.75, 3.05) is 0 Å². The Morgan fingerprint density at radius 2 is 2.17 bits per heavy atom. The highest BCUT2D eigenvalue weighted by molar-refractivity contribution is 5.91. The number of hydrogen-bond donors (Lipinski definition) is 1. The average Bonchev–Trinajstić information content (AvgIpc) is 2.74. The molecule has 3 heteroatoms. The summed E-state index contributed by atoms with van der Waals surface area (Å²) in [7, 11) is 0. The third-order valence-electron chi connectivity index (χ3n) is 4.95. The number of allylic oxidation sites excluding steroid dienone is 1. The lowest BCUT2D eigenvalue weighted by Crippen LogP contribution is -2.51. The summed E-state index contributed by atoms with van der Waals surface area (Å²) in [5.74, 6) is 0.101. The molecule has 0 amide bonds. The monoisotopic (exact) mass is 248 g/mol. The van der Waals surface area contributed by atoms with E-state index in [4.69, 9.17) is 4.74 Å². The van der Waals surface area contributed by atoms with E-state index in [1.165, 1.54) is 5.57 Å². The van der Waals surface area contributed by atoms with Crippen molar-refractivity contribution >= 4 is 5.97 Å². The highest BCUT2D eigenvalue weighted by Gasteiger charge is 2.59. The van der Waals surface area contributed by atoms with E-state index in [-0.39, 0.29) is 11.9 Å². The van der Waals surface area contributed by atoms with Gasteiger partial charge in [0.2, 0.25) is 0 Å². The van der Waals surface area contributed by atoms with E-state index < -0.39 is 11.2 Å². The van der Waals surface area contributed by atoms with Crippen molar-refractivity contribution in [1.29, 1.82) is 0 Å². The Morgan fingerprint density at radius 1 is 1.44 bits per heavy atom. The van der Waals surface area contributed by atoms with Crippen LogP contribution < -0.4 is 0 Å². The van der Waals surface area contributed by atoms with Crippen LogP contribution in [0, 0.1) is 11.8 Å². The molecular weight excluding hydrogens is 228 g/mol. The van der Waals surface area contributed by atoms with Gasteiger partial charge in [-0.1, -0.05) is 11.6 Å². The third kappa shape index (κ3) is 1.43. The Balaban J connectivity index is 2.09. The maximum Gasteiger partial charge on any atom is 0.334 e. The first kappa shape index (κ1) is 12.0. The van der Waals surface area contributed by atoms with E-state index in [1.807, 2.05) is 13.0 Å². The molecule has 98 valence electrons. The number of fused-ring (bicyclic) bond motifs is 2. The number of rotatable bonds is 0. The van der Waals surface area contributed by atoms with Gasteiger partial charge in [0.25, 0.3) is 0 Å². The number of hydrogen-bond acceptors (Lipinski definition) is 3. The van der Waals surface area contributed by atoms with Gasteiger partial charge in [0.15, 0.2) is 0 Å². The van der Waals surface area contributed by atoms with Crippen LogP contribution in [0.5, 0.6) is 0 Å². The number of esters is 1. The molecule has 3 nitrogen and oxygen atoms in total. The third-order valence-corrected chi connectivity index (χ3v) is 4.95. The average molecular weight is 248 g/mol. The van der Waals surface area contributed by atoms with Crippen LogP contribution in [0.25, 0.3) is 0 Å². The molecule has 0 saturated heterocycles. The van der Waals surface area contributed by atoms with Crippen molar-refractivity contribution in [2.45, 2.75) is 51.2 Å². The molecular formula is C15H20O3. The van der Waals surface area contributed by atoms with Crippen molar-refractivity contribution in [3.63, 3.8) is 0 Å². The van der Waals surface area contributed by atoms with E-state index in [2.05, 4.69) is 13.0 Å². The van der Waals surface area contributed by atoms with Crippen molar-refractivity contribution < 1.29 is 14.6 Å². The first-order valence-corrected chi connectivity index (χ1v) is 6.67. The summed E-state index contributed by atoms with van der Waals surface area (Å²) in [6.07, 6.45) is 6.56. The molecule has 3 rings (SSSR count). The smallest absolute Gasteiger partial charge is 0.334 e. The minimum absolute atomic E-state index is 0.00333. The Kier molecular flexibility index (Phi) is 2.31. The van der Waals surface area contributed by atoms with Crippen LogP contribution >= 0.6 is 0 Å². The maximum absolute atomic E-state index is 11.7. The maximum atomic E-state index is 11.7. The standard InChI is InChI=1S/C15H20O3/c1-9-4-7-15(8-10(2)13(16)18-15)12-11(9)5-6-14(12,3)17/h4,8,11-12,17H,5-7H2,1-3H3/t11-,12-,14-,15+/m1/s1. The SMILES string of the molecule is CC1=C[C@]2(CC=C(C)[C@H]3CC[C@@](C)(O)[C@@H]32)OC1=O. The number of carbonyl (C=O) groups is 1. The van der Waals surface area contributed by atoms with Gasteiger partial charge in [0, 0.05) is 17.9 Å². The number of carbonyl (C=O) groups excluding carboxylic acids is 1. The van der Waals surface area contributed by atoms with Gasteiger partial charge in [-0.05, 0) is 45.6 Å². The first-order valence-electron chi connectivity index (χ1n) is 6.67. The van der Waals surface area contributed by atoms with Gasteiger partial charge in [-0.3, -0.25) is 0 Å². The summed E-state index contributed by atoms with van der Waals surface area (Å²) in [5.41, 5.74) is 0.647. The van der Waals surface area contributed by atoms with Crippen LogP contribution in [0.15, 0.2) is 23.3 Å². The van der Waals surface area contributed by atoms with Gasteiger partial charge < -0.3 is 9.84 Å². The van der Waals surface area contributed by atoms with Crippen LogP contribution in [0.3, 0.4) is 0 Å². The van der Waals surface area contributed by atoms with Crippen LogP contribution in [0.2, 0.25) is 0 Å². The number of ether oxygens (including phenoxy) is 1. The highest BCUT2D eigenvalue weighted by Crippen LogP contribution is 2.56. The molecule has 18 heavy (non-hydrogen) atoms. The van der Waals surface area contributed by atoms with E-state index in [9.17, 15) is 9.90 Å². The molecule has 0 radical (unpaired) electrons. The lowest BCUT2D eigenvalue weighted by molar-refractivity contribution is -0.160. The fraction of sp³-hybridized carbons (Fsp3) is 0.667. The van der Waals surface area contributed by atoms with Gasteiger partial charge in [0.1, 0.15) is 5.60 Å². The van der Waals surface area contributed by atoms with Crippen molar-refractivity contribution in [1.82, 2.24) is 0 Å². The molecule has 0 unspecified atom stereocenters. The molecule has 1 spiro atoms. The minimum Gasteiger partial charge on any atom is -0.451 e. The molecule has 4 atom stereocenters.